The molecule has 2 N–H and O–H groups in total. The maximum absolute atomic E-state index is 11.5. The molecule has 5 nitrogen and oxygen atoms in total. The van der Waals surface area contributed by atoms with Gasteiger partial charge in [-0.15, -0.1) is 0 Å². The Balaban J connectivity index is 2.49. The van der Waals surface area contributed by atoms with Gasteiger partial charge in [0.05, 0.1) is 6.21 Å². The maximum atomic E-state index is 11.5. The summed E-state index contributed by atoms with van der Waals surface area (Å²) in [6.45, 7) is 3.12. The largest absolute Gasteiger partial charge is 0.378 e. The number of carbonyl (C=O) groups is 1. The quantitative estimate of drug-likeness (QED) is 0.444. The minimum absolute atomic E-state index is 0.339. The first-order valence-electron chi connectivity index (χ1n) is 4.96. The molecule has 1 aromatic rings. The fourth-order valence-corrected chi connectivity index (χ4v) is 0.900. The van der Waals surface area contributed by atoms with Crippen molar-refractivity contribution in [3.05, 3.63) is 30.1 Å². The lowest BCUT2D eigenvalue weighted by molar-refractivity contribution is 0.0955. The Kier molecular flexibility index (Phi) is 4.37. The second-order valence-electron chi connectivity index (χ2n) is 3.76. The molecule has 0 atom stereocenters. The summed E-state index contributed by atoms with van der Waals surface area (Å²) in [5, 5.41) is 12.9. The number of hydrogen-bond donors (Lipinski definition) is 2. The fourth-order valence-electron chi connectivity index (χ4n) is 0.900. The van der Waals surface area contributed by atoms with Gasteiger partial charge in [-0.05, 0) is 31.9 Å². The zero-order valence-corrected chi connectivity index (χ0v) is 9.64. The van der Waals surface area contributed by atoms with Crippen LogP contribution in [-0.2, 0) is 0 Å². The number of carbonyl (C=O) groups excluding carboxylic acids is 1. The van der Waals surface area contributed by atoms with E-state index in [1.165, 1.54) is 18.6 Å². The summed E-state index contributed by atoms with van der Waals surface area (Å²) in [6, 6.07) is 3.15. The molecule has 0 unspecified atom stereocenters. The van der Waals surface area contributed by atoms with Gasteiger partial charge in [0.2, 0.25) is 0 Å². The fraction of sp³-hybridized carbons (Fsp3) is 0.250. The van der Waals surface area contributed by atoms with Crippen LogP contribution in [0.4, 0.5) is 0 Å². The van der Waals surface area contributed by atoms with Gasteiger partial charge >= 0.3 is 0 Å². The van der Waals surface area contributed by atoms with Crippen LogP contribution in [0.25, 0.3) is 0 Å². The average Bonchev–Trinajstić information content (AvgIpc) is 2.28. The molecule has 0 aliphatic heterocycles. The minimum Gasteiger partial charge on any atom is -0.378 e. The Morgan fingerprint density at radius 3 is 2.76 bits per heavy atom. The monoisotopic (exact) mass is 231 g/mol. The smallest absolute Gasteiger partial charge is 0.271 e. The average molecular weight is 231 g/mol. The molecule has 0 saturated heterocycles. The van der Waals surface area contributed by atoms with E-state index in [9.17, 15) is 9.90 Å². The molecule has 1 aromatic heterocycles. The minimum atomic E-state index is -1.07. The van der Waals surface area contributed by atoms with Gasteiger partial charge in [0.1, 0.15) is 5.60 Å². The Bertz CT molecular complexity index is 464. The van der Waals surface area contributed by atoms with Crippen LogP contribution in [0.5, 0.6) is 0 Å². The Morgan fingerprint density at radius 2 is 2.18 bits per heavy atom. The molecule has 1 rings (SSSR count). The van der Waals surface area contributed by atoms with Crippen molar-refractivity contribution < 1.29 is 9.90 Å². The lowest BCUT2D eigenvalue weighted by Gasteiger charge is -2.04. The van der Waals surface area contributed by atoms with Gasteiger partial charge in [-0.3, -0.25) is 9.78 Å². The molecular formula is C12H13N3O2. The van der Waals surface area contributed by atoms with Gasteiger partial charge in [0.15, 0.2) is 0 Å². The summed E-state index contributed by atoms with van der Waals surface area (Å²) in [7, 11) is 0. The molecule has 0 fully saturated rings. The molecule has 0 spiro atoms. The standard InChI is InChI=1S/C12H13N3O2/c1-12(2,17)6-3-7-14-15-11(16)10-4-8-13-9-5-10/h4-5,7-9,17H,1-2H3,(H,15,16)/b14-7+. The van der Waals surface area contributed by atoms with E-state index >= 15 is 0 Å². The van der Waals surface area contributed by atoms with Crippen LogP contribution in [0.1, 0.15) is 24.2 Å². The summed E-state index contributed by atoms with van der Waals surface area (Å²) in [5.74, 6) is 4.70. The number of amides is 1. The third-order valence-electron chi connectivity index (χ3n) is 1.62. The van der Waals surface area contributed by atoms with Gasteiger partial charge in [0, 0.05) is 18.0 Å². The molecule has 0 aliphatic rings. The highest BCUT2D eigenvalue weighted by Gasteiger charge is 2.05. The number of hydrazone groups is 1. The highest BCUT2D eigenvalue weighted by atomic mass is 16.3. The summed E-state index contributed by atoms with van der Waals surface area (Å²) in [6.07, 6.45) is 4.26. The van der Waals surface area contributed by atoms with E-state index < -0.39 is 5.60 Å². The lowest BCUT2D eigenvalue weighted by atomic mass is 10.1. The molecule has 1 heterocycles. The van der Waals surface area contributed by atoms with Gasteiger partial charge in [-0.2, -0.15) is 5.10 Å². The number of pyridine rings is 1. The predicted octanol–water partition coefficient (Wildman–Crippen LogP) is 0.572. The second kappa shape index (κ2) is 5.77. The van der Waals surface area contributed by atoms with Crippen LogP contribution in [0.15, 0.2) is 29.6 Å². The van der Waals surface area contributed by atoms with Crippen LogP contribution in [0, 0.1) is 11.8 Å². The Hall–Kier alpha value is -2.19. The van der Waals surface area contributed by atoms with Gasteiger partial charge in [-0.1, -0.05) is 5.92 Å². The first-order chi connectivity index (χ1) is 7.99. The summed E-state index contributed by atoms with van der Waals surface area (Å²) in [5.41, 5.74) is 1.70. The summed E-state index contributed by atoms with van der Waals surface area (Å²) in [4.78, 5) is 15.3. The van der Waals surface area contributed by atoms with Gasteiger partial charge in [0.25, 0.3) is 5.91 Å². The van der Waals surface area contributed by atoms with Crippen molar-refractivity contribution in [2.75, 3.05) is 0 Å². The Morgan fingerprint density at radius 1 is 1.53 bits per heavy atom. The normalized spacial score (nSPS) is 10.8. The van der Waals surface area contributed by atoms with E-state index in [-0.39, 0.29) is 5.91 Å². The predicted molar refractivity (Wildman–Crippen MR) is 64.3 cm³/mol. The number of aliphatic hydroxyl groups is 1. The van der Waals surface area contributed by atoms with Crippen molar-refractivity contribution in [3.8, 4) is 11.8 Å². The molecular weight excluding hydrogens is 218 g/mol. The van der Waals surface area contributed by atoms with E-state index in [1.54, 1.807) is 26.0 Å². The number of aromatic nitrogens is 1. The number of hydrogen-bond acceptors (Lipinski definition) is 4. The van der Waals surface area contributed by atoms with Crippen molar-refractivity contribution in [3.63, 3.8) is 0 Å². The third kappa shape index (κ3) is 5.44. The molecule has 0 saturated carbocycles. The highest BCUT2D eigenvalue weighted by molar-refractivity contribution is 5.94. The van der Waals surface area contributed by atoms with E-state index in [0.717, 1.165) is 0 Å². The van der Waals surface area contributed by atoms with Gasteiger partial charge < -0.3 is 5.11 Å². The third-order valence-corrected chi connectivity index (χ3v) is 1.62. The summed E-state index contributed by atoms with van der Waals surface area (Å²) >= 11 is 0. The van der Waals surface area contributed by atoms with E-state index in [0.29, 0.717) is 5.56 Å². The van der Waals surface area contributed by atoms with Crippen molar-refractivity contribution in [2.45, 2.75) is 19.4 Å². The van der Waals surface area contributed by atoms with E-state index in [4.69, 9.17) is 0 Å². The van der Waals surface area contributed by atoms with Crippen LogP contribution >= 0.6 is 0 Å². The lowest BCUT2D eigenvalue weighted by Crippen LogP contribution is -2.17. The van der Waals surface area contributed by atoms with Gasteiger partial charge in [-0.25, -0.2) is 5.43 Å². The van der Waals surface area contributed by atoms with Crippen LogP contribution in [0.2, 0.25) is 0 Å². The van der Waals surface area contributed by atoms with E-state index in [2.05, 4.69) is 27.4 Å². The zero-order chi connectivity index (χ0) is 12.7. The maximum Gasteiger partial charge on any atom is 0.271 e. The molecule has 0 aromatic carbocycles. The molecule has 17 heavy (non-hydrogen) atoms. The van der Waals surface area contributed by atoms with Crippen molar-refractivity contribution >= 4 is 12.1 Å². The molecule has 0 bridgehead atoms. The molecule has 88 valence electrons. The van der Waals surface area contributed by atoms with Crippen LogP contribution in [-0.4, -0.2) is 27.8 Å². The molecule has 0 aliphatic carbocycles. The second-order valence-corrected chi connectivity index (χ2v) is 3.76. The first kappa shape index (κ1) is 12.9. The zero-order valence-electron chi connectivity index (χ0n) is 9.64. The van der Waals surface area contributed by atoms with Crippen LogP contribution < -0.4 is 5.43 Å². The van der Waals surface area contributed by atoms with Crippen molar-refractivity contribution in [1.82, 2.24) is 10.4 Å². The number of nitrogens with zero attached hydrogens (tertiary/aromatic N) is 2. The Labute approximate surface area is 99.6 Å². The van der Waals surface area contributed by atoms with Crippen molar-refractivity contribution in [1.29, 1.82) is 0 Å². The van der Waals surface area contributed by atoms with Crippen molar-refractivity contribution in [2.24, 2.45) is 5.10 Å². The first-order valence-corrected chi connectivity index (χ1v) is 4.96. The summed E-state index contributed by atoms with van der Waals surface area (Å²) < 4.78 is 0. The topological polar surface area (TPSA) is 74.6 Å². The molecule has 5 heteroatoms. The van der Waals surface area contributed by atoms with Crippen LogP contribution in [0.3, 0.4) is 0 Å². The molecule has 0 radical (unpaired) electrons. The number of nitrogens with one attached hydrogen (secondary N) is 1. The highest BCUT2D eigenvalue weighted by Crippen LogP contribution is 1.96. The number of rotatable bonds is 2. The SMILES string of the molecule is CC(C)(O)C#C/C=N/NC(=O)c1ccncc1. The molecule has 1 amide bonds. The van der Waals surface area contributed by atoms with E-state index in [1.807, 2.05) is 0 Å².